The van der Waals surface area contributed by atoms with Crippen molar-refractivity contribution in [2.24, 2.45) is 0 Å². The van der Waals surface area contributed by atoms with Crippen LogP contribution in [0.1, 0.15) is 26.3 Å². The van der Waals surface area contributed by atoms with Gasteiger partial charge in [0, 0.05) is 23.7 Å². The summed E-state index contributed by atoms with van der Waals surface area (Å²) in [7, 11) is 0. The van der Waals surface area contributed by atoms with Crippen molar-refractivity contribution < 1.29 is 4.79 Å². The first-order chi connectivity index (χ1) is 15.5. The Hall–Kier alpha value is -4.00. The number of anilines is 1. The van der Waals surface area contributed by atoms with Crippen molar-refractivity contribution in [1.82, 2.24) is 25.1 Å². The van der Waals surface area contributed by atoms with E-state index in [2.05, 4.69) is 26.2 Å². The molecular weight excluding hydrogens is 400 g/mol. The summed E-state index contributed by atoms with van der Waals surface area (Å²) in [6.07, 6.45) is 1.79. The van der Waals surface area contributed by atoms with Gasteiger partial charge in [-0.15, -0.1) is 0 Å². The number of nitrogens with one attached hydrogen (secondary N) is 2. The fourth-order valence-electron chi connectivity index (χ4n) is 4.65. The summed E-state index contributed by atoms with van der Waals surface area (Å²) in [6.45, 7) is 6.60. The molecule has 32 heavy (non-hydrogen) atoms. The summed E-state index contributed by atoms with van der Waals surface area (Å²) in [5, 5.41) is 8.66. The van der Waals surface area contributed by atoms with Gasteiger partial charge in [-0.3, -0.25) is 14.9 Å². The lowest BCUT2D eigenvalue weighted by Crippen LogP contribution is -2.35. The molecule has 0 fully saturated rings. The number of carbonyl (C=O) groups excluding carboxylic acids is 1. The molecule has 1 aliphatic rings. The highest BCUT2D eigenvalue weighted by molar-refractivity contribution is 6.09. The maximum absolute atomic E-state index is 12.8. The number of imidazole rings is 1. The molecule has 158 valence electrons. The van der Waals surface area contributed by atoms with Crippen LogP contribution in [0.4, 0.5) is 5.69 Å². The van der Waals surface area contributed by atoms with Gasteiger partial charge in [-0.05, 0) is 62.7 Å². The maximum Gasteiger partial charge on any atom is 0.237 e. The molecule has 6 rings (SSSR count). The van der Waals surface area contributed by atoms with Gasteiger partial charge in [0.05, 0.1) is 33.3 Å². The molecule has 0 saturated heterocycles. The molecule has 0 radical (unpaired) electrons. The third-order valence-corrected chi connectivity index (χ3v) is 6.41. The van der Waals surface area contributed by atoms with Crippen molar-refractivity contribution in [2.45, 2.75) is 26.2 Å². The molecule has 2 aromatic carbocycles. The number of rotatable bonds is 3. The largest absolute Gasteiger partial charge is 0.337 e. The Bertz CT molecular complexity index is 1510. The van der Waals surface area contributed by atoms with Gasteiger partial charge in [0.15, 0.2) is 5.82 Å². The Morgan fingerprint density at radius 3 is 2.72 bits per heavy atom. The number of H-pyrrole nitrogens is 2. The van der Waals surface area contributed by atoms with Crippen LogP contribution < -0.4 is 4.90 Å². The normalized spacial score (nSPS) is 15.1. The number of aromatic nitrogens is 5. The Balaban J connectivity index is 1.46. The third-order valence-electron chi connectivity index (χ3n) is 6.41. The SMILES string of the molecule is CCN1C(=O)C(C)(C)c2cc3nc(-c4n[nH]c5cc(-c6ccccn6)ccc45)[nH]c3cc21. The molecule has 7 heteroatoms. The van der Waals surface area contributed by atoms with Gasteiger partial charge in [0.25, 0.3) is 0 Å². The molecule has 0 atom stereocenters. The Kier molecular flexibility index (Phi) is 3.81. The summed E-state index contributed by atoms with van der Waals surface area (Å²) in [5.74, 6) is 0.831. The quantitative estimate of drug-likeness (QED) is 0.436. The molecule has 0 aliphatic carbocycles. The number of hydrogen-bond acceptors (Lipinski definition) is 4. The van der Waals surface area contributed by atoms with E-state index in [4.69, 9.17) is 4.98 Å². The number of hydrogen-bond donors (Lipinski definition) is 2. The van der Waals surface area contributed by atoms with E-state index in [9.17, 15) is 4.79 Å². The molecular formula is C25H22N6O. The number of benzene rings is 2. The number of amides is 1. The summed E-state index contributed by atoms with van der Waals surface area (Å²) < 4.78 is 0. The van der Waals surface area contributed by atoms with E-state index in [-0.39, 0.29) is 5.91 Å². The predicted molar refractivity (Wildman–Crippen MR) is 125 cm³/mol. The van der Waals surface area contributed by atoms with Gasteiger partial charge in [-0.1, -0.05) is 12.1 Å². The van der Waals surface area contributed by atoms with E-state index in [1.807, 2.05) is 68.1 Å². The van der Waals surface area contributed by atoms with Crippen LogP contribution >= 0.6 is 0 Å². The zero-order valence-corrected chi connectivity index (χ0v) is 18.1. The summed E-state index contributed by atoms with van der Waals surface area (Å²) >= 11 is 0. The predicted octanol–water partition coefficient (Wildman–Crippen LogP) is 4.81. The van der Waals surface area contributed by atoms with Gasteiger partial charge < -0.3 is 9.88 Å². The maximum atomic E-state index is 12.8. The molecule has 4 heterocycles. The van der Waals surface area contributed by atoms with Crippen molar-refractivity contribution in [2.75, 3.05) is 11.4 Å². The second-order valence-electron chi connectivity index (χ2n) is 8.69. The molecule has 1 amide bonds. The average Bonchev–Trinajstić information content (AvgIpc) is 3.46. The first kappa shape index (κ1) is 18.7. The van der Waals surface area contributed by atoms with Crippen LogP contribution in [0.2, 0.25) is 0 Å². The molecule has 1 aliphatic heterocycles. The van der Waals surface area contributed by atoms with Crippen LogP contribution in [-0.2, 0) is 10.2 Å². The highest BCUT2D eigenvalue weighted by Crippen LogP contribution is 2.43. The van der Waals surface area contributed by atoms with E-state index in [1.165, 1.54) is 0 Å². The molecule has 2 N–H and O–H groups in total. The number of fused-ring (bicyclic) bond motifs is 3. The standard InChI is InChI=1S/C25H22N6O/c1-4-31-21-13-20-19(12-16(21)25(2,3)24(31)32)27-23(28-20)22-15-9-8-14(11-18(15)29-30-22)17-7-5-6-10-26-17/h5-13H,4H2,1-3H3,(H,27,28)(H,29,30). The summed E-state index contributed by atoms with van der Waals surface area (Å²) in [4.78, 5) is 27.3. The van der Waals surface area contributed by atoms with Crippen LogP contribution in [0.3, 0.4) is 0 Å². The Labute approximate surface area is 184 Å². The minimum atomic E-state index is -0.556. The number of likely N-dealkylation sites (N-methyl/N-ethyl adjacent to an activating group) is 1. The van der Waals surface area contributed by atoms with Crippen molar-refractivity contribution in [3.63, 3.8) is 0 Å². The van der Waals surface area contributed by atoms with Gasteiger partial charge >= 0.3 is 0 Å². The lowest BCUT2D eigenvalue weighted by Gasteiger charge is -2.18. The van der Waals surface area contributed by atoms with E-state index >= 15 is 0 Å². The second kappa shape index (κ2) is 6.50. The van der Waals surface area contributed by atoms with Crippen LogP contribution in [0.5, 0.6) is 0 Å². The van der Waals surface area contributed by atoms with Crippen molar-refractivity contribution in [3.05, 3.63) is 60.3 Å². The summed E-state index contributed by atoms with van der Waals surface area (Å²) in [6, 6.07) is 16.1. The first-order valence-corrected chi connectivity index (χ1v) is 10.7. The van der Waals surface area contributed by atoms with Crippen molar-refractivity contribution >= 4 is 33.5 Å². The third kappa shape index (κ3) is 2.54. The number of aromatic amines is 2. The lowest BCUT2D eigenvalue weighted by molar-refractivity contribution is -0.122. The van der Waals surface area contributed by atoms with Gasteiger partial charge in [-0.25, -0.2) is 4.98 Å². The molecule has 0 bridgehead atoms. The topological polar surface area (TPSA) is 90.6 Å². The van der Waals surface area contributed by atoms with Gasteiger partial charge in [0.1, 0.15) is 5.69 Å². The number of pyridine rings is 1. The molecule has 7 nitrogen and oxygen atoms in total. The first-order valence-electron chi connectivity index (χ1n) is 10.7. The van der Waals surface area contributed by atoms with Gasteiger partial charge in [-0.2, -0.15) is 5.10 Å². The fourth-order valence-corrected chi connectivity index (χ4v) is 4.65. The van der Waals surface area contributed by atoms with Crippen molar-refractivity contribution in [1.29, 1.82) is 0 Å². The zero-order valence-electron chi connectivity index (χ0n) is 18.1. The molecule has 3 aromatic heterocycles. The highest BCUT2D eigenvalue weighted by atomic mass is 16.2. The van der Waals surface area contributed by atoms with Crippen LogP contribution in [0.25, 0.3) is 44.7 Å². The van der Waals surface area contributed by atoms with Crippen molar-refractivity contribution in [3.8, 4) is 22.8 Å². The number of carbonyl (C=O) groups is 1. The molecule has 0 saturated carbocycles. The fraction of sp³-hybridized carbons (Fsp3) is 0.200. The van der Waals surface area contributed by atoms with Crippen LogP contribution in [-0.4, -0.2) is 37.6 Å². The molecule has 0 spiro atoms. The summed E-state index contributed by atoms with van der Waals surface area (Å²) in [5.41, 5.74) is 6.78. The average molecular weight is 422 g/mol. The van der Waals surface area contributed by atoms with E-state index in [1.54, 1.807) is 6.20 Å². The molecule has 5 aromatic rings. The second-order valence-corrected chi connectivity index (χ2v) is 8.69. The minimum Gasteiger partial charge on any atom is -0.337 e. The number of nitrogens with zero attached hydrogens (tertiary/aromatic N) is 4. The van der Waals surface area contributed by atoms with Crippen LogP contribution in [0, 0.1) is 0 Å². The monoisotopic (exact) mass is 422 g/mol. The zero-order chi connectivity index (χ0) is 22.0. The van der Waals surface area contributed by atoms with Crippen LogP contribution in [0.15, 0.2) is 54.7 Å². The van der Waals surface area contributed by atoms with Gasteiger partial charge in [0.2, 0.25) is 5.91 Å². The Morgan fingerprint density at radius 1 is 1.06 bits per heavy atom. The van der Waals surface area contributed by atoms with E-state index < -0.39 is 5.41 Å². The smallest absolute Gasteiger partial charge is 0.237 e. The minimum absolute atomic E-state index is 0.130. The molecule has 0 unspecified atom stereocenters. The van der Waals surface area contributed by atoms with E-state index in [0.29, 0.717) is 12.4 Å². The van der Waals surface area contributed by atoms with E-state index in [0.717, 1.165) is 50.1 Å². The Morgan fingerprint density at radius 2 is 1.94 bits per heavy atom. The highest BCUT2D eigenvalue weighted by Gasteiger charge is 2.43. The lowest BCUT2D eigenvalue weighted by atomic mass is 9.86.